The van der Waals surface area contributed by atoms with Crippen molar-refractivity contribution < 1.29 is 14.8 Å². The van der Waals surface area contributed by atoms with Crippen LogP contribution < -0.4 is 5.32 Å². The number of hydrogen-bond donors (Lipinski definition) is 2. The van der Waals surface area contributed by atoms with Gasteiger partial charge in [0.05, 0.1) is 23.7 Å². The molecule has 1 aromatic rings. The number of non-ortho nitro benzene ring substituents is 1. The zero-order valence-corrected chi connectivity index (χ0v) is 14.8. The van der Waals surface area contributed by atoms with Crippen LogP contribution in [-0.4, -0.2) is 59.3 Å². The van der Waals surface area contributed by atoms with E-state index in [9.17, 15) is 15.2 Å². The van der Waals surface area contributed by atoms with E-state index >= 15 is 0 Å². The zero-order valence-electron chi connectivity index (χ0n) is 14.8. The van der Waals surface area contributed by atoms with Gasteiger partial charge in [-0.25, -0.2) is 4.99 Å². The summed E-state index contributed by atoms with van der Waals surface area (Å²) in [7, 11) is 0. The smallest absolute Gasteiger partial charge is 0.269 e. The monoisotopic (exact) mass is 362 g/mol. The second kappa shape index (κ2) is 8.95. The number of ether oxygens (including phenoxy) is 1. The molecular weight excluding hydrogens is 336 g/mol. The summed E-state index contributed by atoms with van der Waals surface area (Å²) in [5, 5.41) is 23.9. The third-order valence-corrected chi connectivity index (χ3v) is 4.83. The third kappa shape index (κ3) is 5.15. The second-order valence-electron chi connectivity index (χ2n) is 6.80. The molecule has 0 spiro atoms. The van der Waals surface area contributed by atoms with Gasteiger partial charge >= 0.3 is 0 Å². The van der Waals surface area contributed by atoms with Gasteiger partial charge in [0, 0.05) is 38.4 Å². The molecular formula is C18H26N4O4. The zero-order chi connectivity index (χ0) is 18.4. The van der Waals surface area contributed by atoms with Crippen molar-refractivity contribution in [3.8, 4) is 0 Å². The minimum atomic E-state index is -0.402. The van der Waals surface area contributed by atoms with Crippen molar-refractivity contribution >= 4 is 11.6 Å². The Morgan fingerprint density at radius 2 is 2.04 bits per heavy atom. The third-order valence-electron chi connectivity index (χ3n) is 4.83. The van der Waals surface area contributed by atoms with E-state index in [4.69, 9.17) is 9.73 Å². The van der Waals surface area contributed by atoms with Gasteiger partial charge in [-0.2, -0.15) is 0 Å². The summed E-state index contributed by atoms with van der Waals surface area (Å²) in [5.74, 6) is 0.811. The van der Waals surface area contributed by atoms with Gasteiger partial charge in [0.25, 0.3) is 5.69 Å². The number of nitrogens with zero attached hydrogens (tertiary/aromatic N) is 3. The number of nitro groups is 1. The predicted molar refractivity (Wildman–Crippen MR) is 98.0 cm³/mol. The molecule has 142 valence electrons. The van der Waals surface area contributed by atoms with Gasteiger partial charge in [0.2, 0.25) is 0 Å². The maximum atomic E-state index is 10.8. The molecule has 1 unspecified atom stereocenters. The van der Waals surface area contributed by atoms with Crippen molar-refractivity contribution in [2.45, 2.75) is 44.4 Å². The fraction of sp³-hybridized carbons (Fsp3) is 0.611. The van der Waals surface area contributed by atoms with Crippen LogP contribution in [-0.2, 0) is 11.3 Å². The molecule has 2 aliphatic heterocycles. The van der Waals surface area contributed by atoms with Crippen molar-refractivity contribution in [2.24, 2.45) is 4.99 Å². The Labute approximate surface area is 153 Å². The van der Waals surface area contributed by atoms with Crippen molar-refractivity contribution in [1.29, 1.82) is 0 Å². The van der Waals surface area contributed by atoms with Crippen LogP contribution >= 0.6 is 0 Å². The molecule has 3 rings (SSSR count). The van der Waals surface area contributed by atoms with Gasteiger partial charge in [0.15, 0.2) is 5.96 Å². The lowest BCUT2D eigenvalue weighted by Crippen LogP contribution is -2.48. The highest BCUT2D eigenvalue weighted by atomic mass is 16.6. The number of hydrogen-bond acceptors (Lipinski definition) is 5. The first-order valence-electron chi connectivity index (χ1n) is 9.18. The first-order chi connectivity index (χ1) is 12.6. The first-order valence-corrected chi connectivity index (χ1v) is 9.18. The van der Waals surface area contributed by atoms with Crippen LogP contribution in [0.15, 0.2) is 29.3 Å². The molecule has 2 aliphatic rings. The quantitative estimate of drug-likeness (QED) is 0.358. The summed E-state index contributed by atoms with van der Waals surface area (Å²) in [6.45, 7) is 3.51. The van der Waals surface area contributed by atoms with Crippen LogP contribution in [0.25, 0.3) is 0 Å². The molecule has 0 saturated carbocycles. The largest absolute Gasteiger partial charge is 0.393 e. The molecule has 0 radical (unpaired) electrons. The number of benzene rings is 1. The molecule has 0 bridgehead atoms. The van der Waals surface area contributed by atoms with Gasteiger partial charge in [-0.3, -0.25) is 10.1 Å². The van der Waals surface area contributed by atoms with E-state index in [1.807, 2.05) is 0 Å². The van der Waals surface area contributed by atoms with Gasteiger partial charge in [0.1, 0.15) is 0 Å². The topological polar surface area (TPSA) is 100 Å². The Morgan fingerprint density at radius 1 is 1.31 bits per heavy atom. The SMILES string of the molecule is O=[N+]([O-])c1ccc(CN=C(NCC2CCCO2)N2CCC(O)CC2)cc1. The molecule has 8 heteroatoms. The van der Waals surface area contributed by atoms with E-state index in [0.29, 0.717) is 6.54 Å². The molecule has 0 aromatic heterocycles. The molecule has 0 amide bonds. The molecule has 1 atom stereocenters. The van der Waals surface area contributed by atoms with Crippen LogP contribution in [0, 0.1) is 10.1 Å². The van der Waals surface area contributed by atoms with Crippen LogP contribution in [0.4, 0.5) is 5.69 Å². The predicted octanol–water partition coefficient (Wildman–Crippen LogP) is 1.68. The van der Waals surface area contributed by atoms with Crippen LogP contribution in [0.2, 0.25) is 0 Å². The Bertz CT molecular complexity index is 621. The van der Waals surface area contributed by atoms with Gasteiger partial charge in [-0.05, 0) is 31.2 Å². The molecule has 2 saturated heterocycles. The van der Waals surface area contributed by atoms with E-state index in [1.54, 1.807) is 12.1 Å². The van der Waals surface area contributed by atoms with Crippen LogP contribution in [0.5, 0.6) is 0 Å². The standard InChI is InChI=1S/C18H26N4O4/c23-16-7-9-21(10-8-16)18(20-13-17-2-1-11-26-17)19-12-14-3-5-15(6-4-14)22(24)25/h3-6,16-17,23H,1-2,7-13H2,(H,19,20). The Kier molecular flexibility index (Phi) is 6.40. The summed E-state index contributed by atoms with van der Waals surface area (Å²) in [6, 6.07) is 6.47. The van der Waals surface area contributed by atoms with Crippen molar-refractivity contribution in [3.63, 3.8) is 0 Å². The van der Waals surface area contributed by atoms with E-state index in [2.05, 4.69) is 10.2 Å². The number of guanidine groups is 1. The van der Waals surface area contributed by atoms with E-state index in [0.717, 1.165) is 63.4 Å². The summed E-state index contributed by atoms with van der Waals surface area (Å²) in [6.07, 6.45) is 3.60. The molecule has 8 nitrogen and oxygen atoms in total. The highest BCUT2D eigenvalue weighted by molar-refractivity contribution is 5.80. The van der Waals surface area contributed by atoms with Crippen molar-refractivity contribution in [3.05, 3.63) is 39.9 Å². The highest BCUT2D eigenvalue weighted by Crippen LogP contribution is 2.15. The van der Waals surface area contributed by atoms with Crippen LogP contribution in [0.1, 0.15) is 31.2 Å². The number of piperidine rings is 1. The molecule has 2 fully saturated rings. The normalized spacial score (nSPS) is 21.8. The number of aliphatic hydroxyl groups excluding tert-OH is 1. The average Bonchev–Trinajstić information content (AvgIpc) is 3.17. The van der Waals surface area contributed by atoms with Crippen molar-refractivity contribution in [1.82, 2.24) is 10.2 Å². The minimum absolute atomic E-state index is 0.0829. The summed E-state index contributed by atoms with van der Waals surface area (Å²) >= 11 is 0. The number of aliphatic hydroxyl groups is 1. The Morgan fingerprint density at radius 3 is 2.65 bits per heavy atom. The number of aliphatic imine (C=N–C) groups is 1. The molecule has 2 heterocycles. The Balaban J connectivity index is 1.64. The van der Waals surface area contributed by atoms with Crippen molar-refractivity contribution in [2.75, 3.05) is 26.2 Å². The minimum Gasteiger partial charge on any atom is -0.393 e. The number of likely N-dealkylation sites (tertiary alicyclic amines) is 1. The van der Waals surface area contributed by atoms with Gasteiger partial charge in [-0.1, -0.05) is 12.1 Å². The molecule has 26 heavy (non-hydrogen) atoms. The van der Waals surface area contributed by atoms with E-state index in [1.165, 1.54) is 12.1 Å². The number of rotatable bonds is 5. The number of nitrogens with one attached hydrogen (secondary N) is 1. The highest BCUT2D eigenvalue weighted by Gasteiger charge is 2.22. The molecule has 1 aromatic carbocycles. The average molecular weight is 362 g/mol. The summed E-state index contributed by atoms with van der Waals surface area (Å²) < 4.78 is 5.67. The first kappa shape index (κ1) is 18.6. The van der Waals surface area contributed by atoms with Gasteiger partial charge in [-0.15, -0.1) is 0 Å². The Hall–Kier alpha value is -2.19. The fourth-order valence-corrected chi connectivity index (χ4v) is 3.25. The summed E-state index contributed by atoms with van der Waals surface area (Å²) in [4.78, 5) is 17.2. The van der Waals surface area contributed by atoms with Crippen LogP contribution in [0.3, 0.4) is 0 Å². The summed E-state index contributed by atoms with van der Waals surface area (Å²) in [5.41, 5.74) is 1.00. The van der Waals surface area contributed by atoms with E-state index < -0.39 is 4.92 Å². The van der Waals surface area contributed by atoms with E-state index in [-0.39, 0.29) is 17.9 Å². The maximum absolute atomic E-state index is 10.8. The number of nitro benzene ring substituents is 1. The molecule has 0 aliphatic carbocycles. The lowest BCUT2D eigenvalue weighted by Gasteiger charge is -2.33. The maximum Gasteiger partial charge on any atom is 0.269 e. The lowest BCUT2D eigenvalue weighted by atomic mass is 10.1. The molecule has 2 N–H and O–H groups in total. The van der Waals surface area contributed by atoms with Gasteiger partial charge < -0.3 is 20.1 Å². The fourth-order valence-electron chi connectivity index (χ4n) is 3.25. The second-order valence-corrected chi connectivity index (χ2v) is 6.80. The lowest BCUT2D eigenvalue weighted by molar-refractivity contribution is -0.384.